The highest BCUT2D eigenvalue weighted by Gasteiger charge is 2.55. The van der Waals surface area contributed by atoms with Crippen LogP contribution in [0.25, 0.3) is 0 Å². The molecule has 0 radical (unpaired) electrons. The number of anilines is 2. The Morgan fingerprint density at radius 2 is 2.02 bits per heavy atom. The average molecular weight is 609 g/mol. The van der Waals surface area contributed by atoms with Crippen molar-refractivity contribution in [1.82, 2.24) is 24.3 Å². The fraction of sp³-hybridized carbons (Fsp3) is 0.409. The normalized spacial score (nSPS) is 18.9. The van der Waals surface area contributed by atoms with E-state index in [0.717, 1.165) is 16.4 Å². The molecule has 2 atom stereocenters. The van der Waals surface area contributed by atoms with Crippen LogP contribution in [0.3, 0.4) is 0 Å². The van der Waals surface area contributed by atoms with Crippen LogP contribution in [0.1, 0.15) is 26.6 Å². The number of amides is 3. The molecule has 0 bridgehead atoms. The molecule has 6 N–H and O–H groups in total. The number of nitrogens with two attached hydrogens (primary N) is 1. The first kappa shape index (κ1) is 29.5. The number of oxime groups is 1. The number of nitrogens with one attached hydrogen (secondary N) is 2. The van der Waals surface area contributed by atoms with E-state index in [4.69, 9.17) is 10.6 Å². The molecule has 3 amide bonds. The number of carbonyl (C=O) groups excluding carboxylic acids is 3. The first-order chi connectivity index (χ1) is 19.2. The smallest absolute Gasteiger partial charge is 0.352 e. The minimum Gasteiger partial charge on any atom is -0.478 e. The number of β-lactam (4-membered cyclic amide) rings is 1. The lowest BCUT2D eigenvalue weighted by molar-refractivity contribution is -0.765. The molecule has 0 aliphatic carbocycles. The summed E-state index contributed by atoms with van der Waals surface area (Å²) in [6.45, 7) is 3.93. The second-order valence-electron chi connectivity index (χ2n) is 9.42. The highest BCUT2D eigenvalue weighted by molar-refractivity contribution is 8.00. The van der Waals surface area contributed by atoms with Gasteiger partial charge in [0.15, 0.2) is 23.7 Å². The molecule has 1 saturated heterocycles. The molecule has 2 aromatic rings. The van der Waals surface area contributed by atoms with Gasteiger partial charge in [0.25, 0.3) is 11.8 Å². The number of hydrogen-bond acceptors (Lipinski definition) is 12. The summed E-state index contributed by atoms with van der Waals surface area (Å²) in [5, 5.41) is 27.4. The number of carboxylic acid groups (broad SMARTS) is 2. The first-order valence-electron chi connectivity index (χ1n) is 11.8. The van der Waals surface area contributed by atoms with Crippen LogP contribution < -0.4 is 21.0 Å². The van der Waals surface area contributed by atoms with Gasteiger partial charge in [0.05, 0.1) is 13.1 Å². The van der Waals surface area contributed by atoms with E-state index >= 15 is 0 Å². The van der Waals surface area contributed by atoms with Gasteiger partial charge in [-0.3, -0.25) is 19.3 Å². The van der Waals surface area contributed by atoms with Gasteiger partial charge in [-0.05, 0) is 13.8 Å². The zero-order chi connectivity index (χ0) is 30.2. The molecule has 4 heterocycles. The predicted octanol–water partition coefficient (Wildman–Crippen LogP) is -1.27. The second kappa shape index (κ2) is 11.2. The summed E-state index contributed by atoms with van der Waals surface area (Å²) in [7, 11) is 1.69. The lowest BCUT2D eigenvalue weighted by atomic mass is 10.0. The van der Waals surface area contributed by atoms with Gasteiger partial charge in [-0.1, -0.05) is 5.16 Å². The number of aliphatic carboxylic acids is 2. The van der Waals surface area contributed by atoms with Crippen molar-refractivity contribution in [2.24, 2.45) is 12.2 Å². The zero-order valence-electron chi connectivity index (χ0n) is 22.1. The van der Waals surface area contributed by atoms with Crippen LogP contribution in [0, 0.1) is 0 Å². The highest BCUT2D eigenvalue weighted by Crippen LogP contribution is 2.40. The van der Waals surface area contributed by atoms with Gasteiger partial charge in [0.2, 0.25) is 23.0 Å². The van der Waals surface area contributed by atoms with Crippen LogP contribution >= 0.6 is 23.3 Å². The Balaban J connectivity index is 1.55. The van der Waals surface area contributed by atoms with Crippen molar-refractivity contribution in [2.45, 2.75) is 44.3 Å². The third kappa shape index (κ3) is 5.85. The van der Waals surface area contributed by atoms with E-state index in [1.54, 1.807) is 28.7 Å². The zero-order valence-corrected chi connectivity index (χ0v) is 23.8. The van der Waals surface area contributed by atoms with E-state index in [0.29, 0.717) is 11.4 Å². The van der Waals surface area contributed by atoms with Gasteiger partial charge in [-0.15, -0.1) is 21.1 Å². The molecule has 2 aliphatic rings. The minimum absolute atomic E-state index is 0.00998. The Kier molecular flexibility index (Phi) is 8.02. The van der Waals surface area contributed by atoms with E-state index < -0.39 is 46.5 Å². The van der Waals surface area contributed by atoms with Gasteiger partial charge in [-0.25, -0.2) is 9.59 Å². The summed E-state index contributed by atoms with van der Waals surface area (Å²) in [5.74, 6) is -4.04. The molecule has 0 spiro atoms. The predicted molar refractivity (Wildman–Crippen MR) is 143 cm³/mol. The molecule has 2 aromatic heterocycles. The van der Waals surface area contributed by atoms with Crippen LogP contribution in [0.2, 0.25) is 0 Å². The van der Waals surface area contributed by atoms with E-state index in [-0.39, 0.29) is 34.9 Å². The number of nitrogens with zero attached hydrogens (tertiary/aromatic N) is 6. The van der Waals surface area contributed by atoms with Gasteiger partial charge >= 0.3 is 11.9 Å². The average Bonchev–Trinajstić information content (AvgIpc) is 3.47. The van der Waals surface area contributed by atoms with Crippen molar-refractivity contribution < 1.29 is 43.7 Å². The summed E-state index contributed by atoms with van der Waals surface area (Å²) < 4.78 is 7.24. The van der Waals surface area contributed by atoms with Crippen molar-refractivity contribution in [3.8, 4) is 0 Å². The Morgan fingerprint density at radius 3 is 2.61 bits per heavy atom. The molecule has 1 fully saturated rings. The quantitative estimate of drug-likeness (QED) is 0.0919. The summed E-state index contributed by atoms with van der Waals surface area (Å²) in [4.78, 5) is 71.4. The van der Waals surface area contributed by atoms with Crippen LogP contribution in [0.4, 0.5) is 10.9 Å². The van der Waals surface area contributed by atoms with Gasteiger partial charge in [-0.2, -0.15) is 9.36 Å². The molecule has 2 aliphatic heterocycles. The second-order valence-corrected chi connectivity index (χ2v) is 11.3. The summed E-state index contributed by atoms with van der Waals surface area (Å²) >= 11 is 2.02. The standard InChI is InChI=1S/C22H25N9O8S2/c1-9(32)24-11-5-6-30(29(11)4)7-10-8-40-18-13(17(34)31(18)14(10)19(35)36)25-16(33)12(15-26-21(23)41-28-15)27-39-22(2,3)20(37)38/h5-6,13,18H,7-8H2,1-4H3,(H5,23,25,26,28,33,35,36,37,38)/p+1/t13-,18-/m1/s1. The van der Waals surface area contributed by atoms with Crippen LogP contribution in [0.5, 0.6) is 0 Å². The fourth-order valence-electron chi connectivity index (χ4n) is 3.89. The van der Waals surface area contributed by atoms with E-state index in [1.165, 1.54) is 32.5 Å². The lowest BCUT2D eigenvalue weighted by Crippen LogP contribution is -2.71. The molecular formula is C22H26N9O8S2+. The summed E-state index contributed by atoms with van der Waals surface area (Å²) in [5.41, 5.74) is 3.56. The maximum absolute atomic E-state index is 13.2. The number of nitrogen functional groups attached to an aromatic ring is 1. The number of aromatic nitrogens is 4. The van der Waals surface area contributed by atoms with Crippen molar-refractivity contribution in [1.29, 1.82) is 0 Å². The Hall–Kier alpha value is -4.52. The Labute approximate surface area is 240 Å². The minimum atomic E-state index is -1.80. The third-order valence-electron chi connectivity index (χ3n) is 6.08. The number of rotatable bonds is 10. The first-order valence-corrected chi connectivity index (χ1v) is 13.7. The number of thioether (sulfide) groups is 1. The van der Waals surface area contributed by atoms with Crippen molar-refractivity contribution in [3.05, 3.63) is 29.4 Å². The number of carboxylic acids is 2. The van der Waals surface area contributed by atoms with E-state index in [1.807, 2.05) is 0 Å². The monoisotopic (exact) mass is 608 g/mol. The van der Waals surface area contributed by atoms with E-state index in [2.05, 4.69) is 25.1 Å². The van der Waals surface area contributed by atoms with Gasteiger partial charge < -0.3 is 31.4 Å². The maximum atomic E-state index is 13.2. The molecule has 0 aromatic carbocycles. The maximum Gasteiger partial charge on any atom is 0.352 e. The largest absolute Gasteiger partial charge is 0.478 e. The molecule has 4 rings (SSSR count). The number of fused-ring (bicyclic) bond motifs is 1. The van der Waals surface area contributed by atoms with Gasteiger partial charge in [0.1, 0.15) is 17.1 Å². The molecular weight excluding hydrogens is 582 g/mol. The SMILES string of the molecule is CC(=O)Nc1cc[n+](CC2=C(C(=O)O)N3C(=O)[C@@H](NC(=O)C(=NOC(C)(C)C(=O)O)c4nsc(N)n4)[C@H]3SC2)n1C. The molecule has 41 heavy (non-hydrogen) atoms. The summed E-state index contributed by atoms with van der Waals surface area (Å²) in [6.07, 6.45) is 1.67. The van der Waals surface area contributed by atoms with Crippen molar-refractivity contribution in [2.75, 3.05) is 16.8 Å². The Bertz CT molecular complexity index is 1510. The number of hydrogen-bond donors (Lipinski definition) is 5. The molecule has 17 nitrogen and oxygen atoms in total. The lowest BCUT2D eigenvalue weighted by Gasteiger charge is -2.49. The number of carbonyl (C=O) groups is 5. The molecule has 0 saturated carbocycles. The van der Waals surface area contributed by atoms with Crippen LogP contribution in [-0.2, 0) is 42.4 Å². The molecule has 0 unspecified atom stereocenters. The van der Waals surface area contributed by atoms with E-state index in [9.17, 15) is 34.2 Å². The molecule has 218 valence electrons. The third-order valence-corrected chi connectivity index (χ3v) is 7.96. The molecule has 19 heteroatoms. The Morgan fingerprint density at radius 1 is 1.32 bits per heavy atom. The van der Waals surface area contributed by atoms with Gasteiger partial charge in [0, 0.05) is 29.8 Å². The van der Waals surface area contributed by atoms with Crippen molar-refractivity contribution in [3.63, 3.8) is 0 Å². The van der Waals surface area contributed by atoms with Crippen LogP contribution in [0.15, 0.2) is 28.7 Å². The van der Waals surface area contributed by atoms with Crippen LogP contribution in [-0.4, -0.2) is 87.3 Å². The summed E-state index contributed by atoms with van der Waals surface area (Å²) in [6, 6.07) is 0.540. The van der Waals surface area contributed by atoms with Crippen molar-refractivity contribution >= 4 is 69.6 Å². The fourth-order valence-corrected chi connectivity index (χ4v) is 5.66. The highest BCUT2D eigenvalue weighted by atomic mass is 32.2. The topological polar surface area (TPSA) is 235 Å².